The van der Waals surface area contributed by atoms with Gasteiger partial charge in [-0.15, -0.1) is 11.3 Å². The lowest BCUT2D eigenvalue weighted by molar-refractivity contribution is 0.735. The maximum absolute atomic E-state index is 6.31. The van der Waals surface area contributed by atoms with E-state index in [1.165, 1.54) is 0 Å². The Morgan fingerprint density at radius 1 is 1.32 bits per heavy atom. The molecule has 0 radical (unpaired) electrons. The SMILES string of the molecule is CC(C)c1c(NCc2nccs2)cnn1-c1ccccc1Cl. The van der Waals surface area contributed by atoms with Crippen molar-refractivity contribution in [2.75, 3.05) is 5.32 Å². The molecule has 6 heteroatoms. The van der Waals surface area contributed by atoms with Crippen molar-refractivity contribution in [1.29, 1.82) is 0 Å². The molecular weight excluding hydrogens is 316 g/mol. The largest absolute Gasteiger partial charge is 0.376 e. The second kappa shape index (κ2) is 6.50. The van der Waals surface area contributed by atoms with Crippen molar-refractivity contribution >= 4 is 28.6 Å². The molecule has 0 unspecified atom stereocenters. The number of thiazole rings is 1. The first-order valence-electron chi connectivity index (χ1n) is 7.12. The lowest BCUT2D eigenvalue weighted by Gasteiger charge is -2.14. The summed E-state index contributed by atoms with van der Waals surface area (Å²) in [5.41, 5.74) is 3.03. The molecule has 1 aromatic carbocycles. The van der Waals surface area contributed by atoms with E-state index in [2.05, 4.69) is 29.2 Å². The fourth-order valence-electron chi connectivity index (χ4n) is 2.38. The van der Waals surface area contributed by atoms with Crippen molar-refractivity contribution in [3.05, 3.63) is 57.8 Å². The maximum Gasteiger partial charge on any atom is 0.112 e. The summed E-state index contributed by atoms with van der Waals surface area (Å²) in [5.74, 6) is 0.317. The van der Waals surface area contributed by atoms with Gasteiger partial charge < -0.3 is 5.32 Å². The third-order valence-corrected chi connectivity index (χ3v) is 4.45. The molecule has 0 aliphatic heterocycles. The third-order valence-electron chi connectivity index (χ3n) is 3.35. The Balaban J connectivity index is 1.94. The highest BCUT2D eigenvalue weighted by molar-refractivity contribution is 7.09. The highest BCUT2D eigenvalue weighted by Gasteiger charge is 2.17. The fourth-order valence-corrected chi connectivity index (χ4v) is 3.15. The van der Waals surface area contributed by atoms with E-state index in [1.54, 1.807) is 11.3 Å². The molecule has 0 atom stereocenters. The number of nitrogens with zero attached hydrogens (tertiary/aromatic N) is 3. The van der Waals surface area contributed by atoms with Crippen molar-refractivity contribution in [3.63, 3.8) is 0 Å². The summed E-state index contributed by atoms with van der Waals surface area (Å²) in [6.07, 6.45) is 3.67. The quantitative estimate of drug-likeness (QED) is 0.735. The van der Waals surface area contributed by atoms with Gasteiger partial charge in [-0.25, -0.2) is 9.67 Å². The summed E-state index contributed by atoms with van der Waals surface area (Å²) in [6, 6.07) is 7.75. The standard InChI is InChI=1S/C16H17ClN4S/c1-11(2)16-13(19-10-15-18-7-8-22-15)9-20-21(16)14-6-4-3-5-12(14)17/h3-9,11,19H,10H2,1-2H3. The molecule has 22 heavy (non-hydrogen) atoms. The summed E-state index contributed by atoms with van der Waals surface area (Å²) in [6.45, 7) is 5.00. The van der Waals surface area contributed by atoms with Gasteiger partial charge >= 0.3 is 0 Å². The molecule has 0 amide bonds. The number of halogens is 1. The number of nitrogens with one attached hydrogen (secondary N) is 1. The number of hydrogen-bond acceptors (Lipinski definition) is 4. The van der Waals surface area contributed by atoms with E-state index in [4.69, 9.17) is 11.6 Å². The Morgan fingerprint density at radius 2 is 2.14 bits per heavy atom. The van der Waals surface area contributed by atoms with Crippen molar-refractivity contribution in [1.82, 2.24) is 14.8 Å². The molecule has 0 fully saturated rings. The normalized spacial score (nSPS) is 11.1. The first kappa shape index (κ1) is 15.1. The Kier molecular flexibility index (Phi) is 4.45. The summed E-state index contributed by atoms with van der Waals surface area (Å²) in [5, 5.41) is 11.7. The van der Waals surface area contributed by atoms with E-state index >= 15 is 0 Å². The summed E-state index contributed by atoms with van der Waals surface area (Å²) >= 11 is 7.95. The topological polar surface area (TPSA) is 42.7 Å². The monoisotopic (exact) mass is 332 g/mol. The fraction of sp³-hybridized carbons (Fsp3) is 0.250. The molecular formula is C16H17ClN4S. The van der Waals surface area contributed by atoms with Gasteiger partial charge in [0.25, 0.3) is 0 Å². The Morgan fingerprint density at radius 3 is 2.82 bits per heavy atom. The average molecular weight is 333 g/mol. The number of anilines is 1. The summed E-state index contributed by atoms with van der Waals surface area (Å²) in [7, 11) is 0. The minimum Gasteiger partial charge on any atom is -0.376 e. The number of rotatable bonds is 5. The summed E-state index contributed by atoms with van der Waals surface area (Å²) in [4.78, 5) is 4.29. The molecule has 0 aliphatic carbocycles. The van der Waals surface area contributed by atoms with Gasteiger partial charge in [-0.2, -0.15) is 5.10 Å². The molecule has 3 rings (SSSR count). The van der Waals surface area contributed by atoms with Gasteiger partial charge in [0.15, 0.2) is 0 Å². The van der Waals surface area contributed by atoms with Crippen molar-refractivity contribution in [3.8, 4) is 5.69 Å². The van der Waals surface area contributed by atoms with Crippen LogP contribution in [0.2, 0.25) is 5.02 Å². The molecule has 0 aliphatic rings. The smallest absolute Gasteiger partial charge is 0.112 e. The van der Waals surface area contributed by atoms with Gasteiger partial charge in [0.2, 0.25) is 0 Å². The lowest BCUT2D eigenvalue weighted by atomic mass is 10.1. The van der Waals surface area contributed by atoms with E-state index in [1.807, 2.05) is 46.7 Å². The first-order valence-corrected chi connectivity index (χ1v) is 8.37. The highest BCUT2D eigenvalue weighted by atomic mass is 35.5. The molecule has 0 saturated heterocycles. The van der Waals surface area contributed by atoms with Crippen LogP contribution in [0.25, 0.3) is 5.69 Å². The molecule has 1 N–H and O–H groups in total. The molecule has 114 valence electrons. The predicted molar refractivity (Wildman–Crippen MR) is 92.1 cm³/mol. The lowest BCUT2D eigenvalue weighted by Crippen LogP contribution is -2.07. The Hall–Kier alpha value is -1.85. The van der Waals surface area contributed by atoms with Gasteiger partial charge in [0.05, 0.1) is 34.8 Å². The van der Waals surface area contributed by atoms with Crippen LogP contribution in [0.5, 0.6) is 0 Å². The van der Waals surface area contributed by atoms with Crippen LogP contribution in [0.3, 0.4) is 0 Å². The summed E-state index contributed by atoms with van der Waals surface area (Å²) < 4.78 is 1.91. The van der Waals surface area contributed by atoms with Gasteiger partial charge in [-0.1, -0.05) is 37.6 Å². The minimum absolute atomic E-state index is 0.317. The zero-order valence-electron chi connectivity index (χ0n) is 12.5. The zero-order chi connectivity index (χ0) is 15.5. The number of hydrogen-bond donors (Lipinski definition) is 1. The van der Waals surface area contributed by atoms with Gasteiger partial charge in [-0.05, 0) is 18.1 Å². The second-order valence-electron chi connectivity index (χ2n) is 5.24. The van der Waals surface area contributed by atoms with Gasteiger partial charge in [0, 0.05) is 11.6 Å². The molecule has 4 nitrogen and oxygen atoms in total. The zero-order valence-corrected chi connectivity index (χ0v) is 14.0. The Bertz CT molecular complexity index is 749. The predicted octanol–water partition coefficient (Wildman–Crippen LogP) is 4.72. The van der Waals surface area contributed by atoms with E-state index < -0.39 is 0 Å². The van der Waals surface area contributed by atoms with Crippen molar-refractivity contribution < 1.29 is 0 Å². The Labute approximate surface area is 138 Å². The molecule has 2 heterocycles. The van der Waals surface area contributed by atoms with E-state index in [0.29, 0.717) is 17.5 Å². The van der Waals surface area contributed by atoms with Crippen LogP contribution < -0.4 is 5.32 Å². The van der Waals surface area contributed by atoms with E-state index in [-0.39, 0.29) is 0 Å². The van der Waals surface area contributed by atoms with Crippen molar-refractivity contribution in [2.24, 2.45) is 0 Å². The van der Waals surface area contributed by atoms with Crippen molar-refractivity contribution in [2.45, 2.75) is 26.3 Å². The van der Waals surface area contributed by atoms with E-state index in [0.717, 1.165) is 22.1 Å². The average Bonchev–Trinajstić information content (AvgIpc) is 3.15. The van der Waals surface area contributed by atoms with Crippen LogP contribution in [0.4, 0.5) is 5.69 Å². The van der Waals surface area contributed by atoms with Crippen LogP contribution in [0, 0.1) is 0 Å². The number of para-hydroxylation sites is 1. The van der Waals surface area contributed by atoms with Crippen LogP contribution in [-0.2, 0) is 6.54 Å². The molecule has 0 spiro atoms. The second-order valence-corrected chi connectivity index (χ2v) is 6.63. The molecule has 0 bridgehead atoms. The number of aromatic nitrogens is 3. The third kappa shape index (κ3) is 3.00. The highest BCUT2D eigenvalue weighted by Crippen LogP contribution is 2.30. The van der Waals surface area contributed by atoms with E-state index in [9.17, 15) is 0 Å². The van der Waals surface area contributed by atoms with Crippen LogP contribution >= 0.6 is 22.9 Å². The molecule has 3 aromatic rings. The maximum atomic E-state index is 6.31. The van der Waals surface area contributed by atoms with Gasteiger partial charge in [0.1, 0.15) is 5.01 Å². The first-order chi connectivity index (χ1) is 10.7. The minimum atomic E-state index is 0.317. The van der Waals surface area contributed by atoms with Crippen LogP contribution in [0.1, 0.15) is 30.5 Å². The van der Waals surface area contributed by atoms with Crippen LogP contribution in [0.15, 0.2) is 42.0 Å². The van der Waals surface area contributed by atoms with Crippen LogP contribution in [-0.4, -0.2) is 14.8 Å². The molecule has 2 aromatic heterocycles. The number of benzene rings is 1. The molecule has 0 saturated carbocycles. The van der Waals surface area contributed by atoms with Gasteiger partial charge in [-0.3, -0.25) is 0 Å².